The van der Waals surface area contributed by atoms with Gasteiger partial charge in [-0.3, -0.25) is 9.69 Å². The summed E-state index contributed by atoms with van der Waals surface area (Å²) in [6.45, 7) is 8.53. The minimum absolute atomic E-state index is 0.0381. The van der Waals surface area contributed by atoms with Crippen molar-refractivity contribution in [1.29, 1.82) is 0 Å². The Kier molecular flexibility index (Phi) is 6.10. The number of hydrogen-bond donors (Lipinski definition) is 0. The minimum Gasteiger partial charge on any atom is -0.334 e. The molecule has 2 aliphatic heterocycles. The molecule has 0 N–H and O–H groups in total. The largest absolute Gasteiger partial charge is 0.416 e. The zero-order valence-electron chi connectivity index (χ0n) is 19.0. The number of nitrogens with zero attached hydrogens (tertiary/aromatic N) is 2. The van der Waals surface area contributed by atoms with Crippen molar-refractivity contribution in [1.82, 2.24) is 9.80 Å². The van der Waals surface area contributed by atoms with Crippen LogP contribution in [0.25, 0.3) is 11.1 Å². The van der Waals surface area contributed by atoms with E-state index in [2.05, 4.69) is 25.7 Å². The lowest BCUT2D eigenvalue weighted by Gasteiger charge is -2.38. The molecule has 3 nitrogen and oxygen atoms in total. The number of benzene rings is 2. The summed E-state index contributed by atoms with van der Waals surface area (Å²) >= 11 is 0. The minimum atomic E-state index is -4.34. The molecule has 0 aromatic heterocycles. The first-order valence-electron chi connectivity index (χ1n) is 11.4. The van der Waals surface area contributed by atoms with Crippen molar-refractivity contribution in [2.24, 2.45) is 0 Å². The van der Waals surface area contributed by atoms with Gasteiger partial charge in [0.25, 0.3) is 5.91 Å². The Labute approximate surface area is 188 Å². The van der Waals surface area contributed by atoms with Gasteiger partial charge in [0.05, 0.1) is 5.56 Å². The van der Waals surface area contributed by atoms with Gasteiger partial charge >= 0.3 is 6.18 Å². The molecule has 0 spiro atoms. The third kappa shape index (κ3) is 4.56. The Morgan fingerprint density at radius 3 is 2.12 bits per heavy atom. The van der Waals surface area contributed by atoms with E-state index in [4.69, 9.17) is 0 Å². The fraction of sp³-hybridized carbons (Fsp3) is 0.500. The van der Waals surface area contributed by atoms with E-state index in [1.807, 2.05) is 17.0 Å². The Balaban J connectivity index is 1.46. The summed E-state index contributed by atoms with van der Waals surface area (Å²) in [5, 5.41) is 0. The molecule has 0 aliphatic carbocycles. The maximum Gasteiger partial charge on any atom is 0.416 e. The van der Waals surface area contributed by atoms with Crippen LogP contribution >= 0.6 is 0 Å². The van der Waals surface area contributed by atoms with Gasteiger partial charge in [0.15, 0.2) is 0 Å². The standard InChI is InChI=1S/C26H31F3N2O/c1-18-14-15-25(2,3)31(18)17-23-5-4-16-30(23)24(32)21-8-6-19(7-9-21)20-10-12-22(13-11-20)26(27,28)29/h6-13,18,23H,4-5,14-17H2,1-3H3/t18-,23-/m0/s1. The van der Waals surface area contributed by atoms with Crippen LogP contribution in [0.3, 0.4) is 0 Å². The first kappa shape index (κ1) is 22.8. The van der Waals surface area contributed by atoms with Crippen molar-refractivity contribution in [3.05, 3.63) is 59.7 Å². The maximum absolute atomic E-state index is 13.3. The van der Waals surface area contributed by atoms with Gasteiger partial charge < -0.3 is 4.90 Å². The van der Waals surface area contributed by atoms with Gasteiger partial charge in [0, 0.05) is 36.3 Å². The van der Waals surface area contributed by atoms with Crippen LogP contribution in [0.15, 0.2) is 48.5 Å². The van der Waals surface area contributed by atoms with E-state index in [-0.39, 0.29) is 17.5 Å². The smallest absolute Gasteiger partial charge is 0.334 e. The zero-order chi connectivity index (χ0) is 23.1. The molecule has 2 heterocycles. The molecule has 6 heteroatoms. The van der Waals surface area contributed by atoms with Crippen LogP contribution in [0.1, 0.15) is 62.4 Å². The van der Waals surface area contributed by atoms with Crippen LogP contribution < -0.4 is 0 Å². The number of carbonyl (C=O) groups is 1. The fourth-order valence-electron chi connectivity index (χ4n) is 5.23. The number of hydrogen-bond acceptors (Lipinski definition) is 2. The van der Waals surface area contributed by atoms with Crippen LogP contribution in [0.5, 0.6) is 0 Å². The van der Waals surface area contributed by atoms with Gasteiger partial charge in [0.2, 0.25) is 0 Å². The predicted molar refractivity (Wildman–Crippen MR) is 120 cm³/mol. The van der Waals surface area contributed by atoms with E-state index in [1.54, 1.807) is 12.1 Å². The van der Waals surface area contributed by atoms with Crippen molar-refractivity contribution in [3.8, 4) is 11.1 Å². The number of carbonyl (C=O) groups excluding carboxylic acids is 1. The SMILES string of the molecule is C[C@H]1CCC(C)(C)N1C[C@@H]1CCCN1C(=O)c1ccc(-c2ccc(C(F)(F)F)cc2)cc1. The van der Waals surface area contributed by atoms with Crippen molar-refractivity contribution < 1.29 is 18.0 Å². The van der Waals surface area contributed by atoms with Crippen LogP contribution in [0.4, 0.5) is 13.2 Å². The molecule has 2 aliphatic rings. The molecule has 2 saturated heterocycles. The predicted octanol–water partition coefficient (Wildman–Crippen LogP) is 6.24. The molecule has 0 radical (unpaired) electrons. The average Bonchev–Trinajstić information content (AvgIpc) is 3.32. The Bertz CT molecular complexity index is 951. The Morgan fingerprint density at radius 2 is 1.59 bits per heavy atom. The van der Waals surface area contributed by atoms with Crippen molar-refractivity contribution in [2.45, 2.75) is 70.3 Å². The van der Waals surface area contributed by atoms with Gasteiger partial charge in [-0.05, 0) is 81.8 Å². The second kappa shape index (κ2) is 8.54. The number of alkyl halides is 3. The normalized spacial score (nSPS) is 23.6. The summed E-state index contributed by atoms with van der Waals surface area (Å²) in [4.78, 5) is 17.8. The molecule has 0 saturated carbocycles. The molecule has 2 aromatic carbocycles. The molecular formula is C26H31F3N2O. The lowest BCUT2D eigenvalue weighted by atomic mass is 10.0. The van der Waals surface area contributed by atoms with E-state index in [0.29, 0.717) is 17.2 Å². The molecule has 172 valence electrons. The quantitative estimate of drug-likeness (QED) is 0.557. The van der Waals surface area contributed by atoms with Crippen LogP contribution in [-0.2, 0) is 6.18 Å². The lowest BCUT2D eigenvalue weighted by Crippen LogP contribution is -2.50. The summed E-state index contributed by atoms with van der Waals surface area (Å²) in [6, 6.07) is 13.1. The molecule has 0 bridgehead atoms. The first-order valence-corrected chi connectivity index (χ1v) is 11.4. The molecule has 32 heavy (non-hydrogen) atoms. The van der Waals surface area contributed by atoms with E-state index >= 15 is 0 Å². The first-order chi connectivity index (χ1) is 15.1. The molecule has 4 rings (SSSR count). The van der Waals surface area contributed by atoms with E-state index in [1.165, 1.54) is 25.0 Å². The van der Waals surface area contributed by atoms with Gasteiger partial charge in [-0.15, -0.1) is 0 Å². The third-order valence-electron chi connectivity index (χ3n) is 7.21. The monoisotopic (exact) mass is 444 g/mol. The highest BCUT2D eigenvalue weighted by Gasteiger charge is 2.40. The van der Waals surface area contributed by atoms with Gasteiger partial charge in [0.1, 0.15) is 0 Å². The number of likely N-dealkylation sites (tertiary alicyclic amines) is 2. The number of amides is 1. The second-order valence-corrected chi connectivity index (χ2v) is 9.80. The molecule has 1 amide bonds. The zero-order valence-corrected chi connectivity index (χ0v) is 19.0. The van der Waals surface area contributed by atoms with E-state index in [0.717, 1.165) is 43.6 Å². The molecule has 0 unspecified atom stereocenters. The second-order valence-electron chi connectivity index (χ2n) is 9.80. The highest BCUT2D eigenvalue weighted by atomic mass is 19.4. The van der Waals surface area contributed by atoms with Crippen LogP contribution in [-0.4, -0.2) is 46.4 Å². The highest BCUT2D eigenvalue weighted by Crippen LogP contribution is 2.35. The summed E-state index contributed by atoms with van der Waals surface area (Å²) in [6.07, 6.45) is 0.0693. The summed E-state index contributed by atoms with van der Waals surface area (Å²) in [7, 11) is 0. The average molecular weight is 445 g/mol. The van der Waals surface area contributed by atoms with Crippen molar-refractivity contribution >= 4 is 5.91 Å². The van der Waals surface area contributed by atoms with Gasteiger partial charge in [-0.2, -0.15) is 13.2 Å². The Morgan fingerprint density at radius 1 is 1.00 bits per heavy atom. The lowest BCUT2D eigenvalue weighted by molar-refractivity contribution is -0.137. The van der Waals surface area contributed by atoms with Crippen LogP contribution in [0.2, 0.25) is 0 Å². The van der Waals surface area contributed by atoms with Crippen molar-refractivity contribution in [2.75, 3.05) is 13.1 Å². The van der Waals surface area contributed by atoms with Crippen molar-refractivity contribution in [3.63, 3.8) is 0 Å². The summed E-state index contributed by atoms with van der Waals surface area (Å²) in [5.41, 5.74) is 1.62. The summed E-state index contributed by atoms with van der Waals surface area (Å²) < 4.78 is 38.4. The van der Waals surface area contributed by atoms with Gasteiger partial charge in [-0.25, -0.2) is 0 Å². The van der Waals surface area contributed by atoms with Crippen LogP contribution in [0, 0.1) is 0 Å². The molecular weight excluding hydrogens is 413 g/mol. The van der Waals surface area contributed by atoms with Gasteiger partial charge in [-0.1, -0.05) is 24.3 Å². The Hall–Kier alpha value is -2.34. The molecule has 2 aromatic rings. The topological polar surface area (TPSA) is 23.6 Å². The number of halogens is 3. The third-order valence-corrected chi connectivity index (χ3v) is 7.21. The number of rotatable bonds is 4. The fourth-order valence-corrected chi connectivity index (χ4v) is 5.23. The van der Waals surface area contributed by atoms with E-state index in [9.17, 15) is 18.0 Å². The highest BCUT2D eigenvalue weighted by molar-refractivity contribution is 5.95. The molecule has 2 atom stereocenters. The maximum atomic E-state index is 13.3. The molecule has 2 fully saturated rings. The van der Waals surface area contributed by atoms with E-state index < -0.39 is 11.7 Å². The summed E-state index contributed by atoms with van der Waals surface area (Å²) in [5.74, 6) is 0.0381.